The molecule has 0 aliphatic heterocycles. The van der Waals surface area contributed by atoms with Crippen LogP contribution in [0.4, 0.5) is 0 Å². The standard InChI is InChI=1S/2C2H4O2.Li.2H2O.H/c2*1-2(3)4;;;;/h2*1H3,(H,3,4);;2*1H2;. The normalized spacial score (nSPS) is 4.55. The van der Waals surface area contributed by atoms with Crippen molar-refractivity contribution in [2.75, 3.05) is 0 Å². The Labute approximate surface area is 76.0 Å². The number of rotatable bonds is 0. The SMILES string of the molecule is CC(=O)O.CC(=O)O.O.O.[LiH]. The Balaban J connectivity index is -0.0000000171. The van der Waals surface area contributed by atoms with E-state index in [1.54, 1.807) is 0 Å². The molecule has 0 bridgehead atoms. The van der Waals surface area contributed by atoms with Crippen LogP contribution in [0.2, 0.25) is 0 Å². The second kappa shape index (κ2) is 22.7. The molecule has 0 aromatic heterocycles. The third-order valence-electron chi connectivity index (χ3n) is 0. The van der Waals surface area contributed by atoms with Gasteiger partial charge < -0.3 is 21.2 Å². The molecule has 0 aliphatic carbocycles. The molecule has 66 valence electrons. The first-order valence-corrected chi connectivity index (χ1v) is 1.86. The van der Waals surface area contributed by atoms with Gasteiger partial charge in [0, 0.05) is 13.8 Å². The molecular weight excluding hydrogens is 151 g/mol. The molecule has 11 heavy (non-hydrogen) atoms. The van der Waals surface area contributed by atoms with E-state index in [0.29, 0.717) is 0 Å². The molecule has 0 unspecified atom stereocenters. The molecule has 0 atom stereocenters. The second-order valence-corrected chi connectivity index (χ2v) is 1.04. The number of hydrogen-bond donors (Lipinski definition) is 2. The van der Waals surface area contributed by atoms with Crippen LogP contribution in [0.1, 0.15) is 13.8 Å². The molecule has 7 heteroatoms. The number of aliphatic carboxylic acids is 2. The molecule has 0 aromatic rings. The van der Waals surface area contributed by atoms with E-state index in [4.69, 9.17) is 19.8 Å². The van der Waals surface area contributed by atoms with Crippen LogP contribution in [-0.2, 0) is 9.59 Å². The van der Waals surface area contributed by atoms with Crippen molar-refractivity contribution in [3.05, 3.63) is 0 Å². The molecular formula is C4H13LiO6. The quantitative estimate of drug-likeness (QED) is 0.395. The molecule has 6 N–H and O–H groups in total. The molecule has 6 nitrogen and oxygen atoms in total. The van der Waals surface area contributed by atoms with E-state index >= 15 is 0 Å². The summed E-state index contributed by atoms with van der Waals surface area (Å²) in [7, 11) is 0. The number of carboxylic acid groups (broad SMARTS) is 2. The van der Waals surface area contributed by atoms with E-state index in [0.717, 1.165) is 13.8 Å². The maximum atomic E-state index is 9.00. The first-order valence-electron chi connectivity index (χ1n) is 1.86. The van der Waals surface area contributed by atoms with Crippen LogP contribution in [0.3, 0.4) is 0 Å². The topological polar surface area (TPSA) is 138 Å². The van der Waals surface area contributed by atoms with Gasteiger partial charge in [-0.1, -0.05) is 0 Å². The fourth-order valence-electron chi connectivity index (χ4n) is 0. The van der Waals surface area contributed by atoms with Crippen molar-refractivity contribution in [1.82, 2.24) is 0 Å². The summed E-state index contributed by atoms with van der Waals surface area (Å²) in [6.07, 6.45) is 0. The number of carboxylic acids is 2. The van der Waals surface area contributed by atoms with Gasteiger partial charge >= 0.3 is 18.9 Å². The zero-order valence-corrected chi connectivity index (χ0v) is 5.71. The Morgan fingerprint density at radius 2 is 0.909 bits per heavy atom. The molecule has 0 saturated carbocycles. The monoisotopic (exact) mass is 164 g/mol. The summed E-state index contributed by atoms with van der Waals surface area (Å²) in [5.74, 6) is -1.67. The van der Waals surface area contributed by atoms with Gasteiger partial charge in [0.1, 0.15) is 0 Å². The summed E-state index contributed by atoms with van der Waals surface area (Å²) in [4.78, 5) is 18.0. The zero-order valence-electron chi connectivity index (χ0n) is 5.71. The summed E-state index contributed by atoms with van der Waals surface area (Å²) in [5, 5.41) is 14.8. The van der Waals surface area contributed by atoms with Crippen molar-refractivity contribution in [3.63, 3.8) is 0 Å². The van der Waals surface area contributed by atoms with Crippen molar-refractivity contribution in [2.45, 2.75) is 13.8 Å². The molecule has 0 radical (unpaired) electrons. The summed E-state index contributed by atoms with van der Waals surface area (Å²) in [6.45, 7) is 2.17. The first-order chi connectivity index (χ1) is 3.46. The van der Waals surface area contributed by atoms with Crippen LogP contribution in [0.5, 0.6) is 0 Å². The Kier molecular flexibility index (Phi) is 64.8. The molecule has 0 amide bonds. The van der Waals surface area contributed by atoms with Crippen molar-refractivity contribution in [1.29, 1.82) is 0 Å². The van der Waals surface area contributed by atoms with Crippen molar-refractivity contribution in [3.8, 4) is 0 Å². The van der Waals surface area contributed by atoms with Gasteiger partial charge in [-0.3, -0.25) is 9.59 Å². The van der Waals surface area contributed by atoms with Gasteiger partial charge in [0.05, 0.1) is 0 Å². The van der Waals surface area contributed by atoms with E-state index in [2.05, 4.69) is 0 Å². The Bertz CT molecular complexity index is 72.6. The van der Waals surface area contributed by atoms with Gasteiger partial charge in [0.15, 0.2) is 0 Å². The molecule has 0 spiro atoms. The molecule has 0 aliphatic rings. The van der Waals surface area contributed by atoms with Gasteiger partial charge in [-0.05, 0) is 0 Å². The zero-order chi connectivity index (χ0) is 7.15. The van der Waals surface area contributed by atoms with Gasteiger partial charge in [0.2, 0.25) is 0 Å². The second-order valence-electron chi connectivity index (χ2n) is 1.04. The minimum atomic E-state index is -0.833. The van der Waals surface area contributed by atoms with E-state index in [-0.39, 0.29) is 29.8 Å². The van der Waals surface area contributed by atoms with Crippen LogP contribution >= 0.6 is 0 Å². The molecule has 0 aromatic carbocycles. The summed E-state index contributed by atoms with van der Waals surface area (Å²) in [6, 6.07) is 0. The van der Waals surface area contributed by atoms with Crippen LogP contribution in [0.25, 0.3) is 0 Å². The summed E-state index contributed by atoms with van der Waals surface area (Å²) < 4.78 is 0. The Morgan fingerprint density at radius 3 is 0.909 bits per heavy atom. The molecule has 0 rings (SSSR count). The average Bonchev–Trinajstić information content (AvgIpc) is 1.25. The van der Waals surface area contributed by atoms with E-state index in [9.17, 15) is 0 Å². The first kappa shape index (κ1) is 31.4. The predicted octanol–water partition coefficient (Wildman–Crippen LogP) is -2.12. The van der Waals surface area contributed by atoms with Crippen LogP contribution in [0.15, 0.2) is 0 Å². The number of hydrogen-bond acceptors (Lipinski definition) is 2. The summed E-state index contributed by atoms with van der Waals surface area (Å²) >= 11 is 0. The molecule has 0 saturated heterocycles. The van der Waals surface area contributed by atoms with Crippen molar-refractivity contribution >= 4 is 30.8 Å². The molecule has 0 heterocycles. The third kappa shape index (κ3) is 1790. The van der Waals surface area contributed by atoms with E-state index in [1.165, 1.54) is 0 Å². The third-order valence-corrected chi connectivity index (χ3v) is 0. The average molecular weight is 164 g/mol. The Morgan fingerprint density at radius 1 is 0.909 bits per heavy atom. The Hall–Kier alpha value is -0.543. The predicted molar refractivity (Wildman–Crippen MR) is 41.0 cm³/mol. The van der Waals surface area contributed by atoms with Crippen molar-refractivity contribution in [2.24, 2.45) is 0 Å². The van der Waals surface area contributed by atoms with E-state index < -0.39 is 11.9 Å². The number of carbonyl (C=O) groups is 2. The fraction of sp³-hybridized carbons (Fsp3) is 0.500. The fourth-order valence-corrected chi connectivity index (χ4v) is 0. The van der Waals surface area contributed by atoms with Gasteiger partial charge in [-0.25, -0.2) is 0 Å². The van der Waals surface area contributed by atoms with Gasteiger partial charge in [-0.2, -0.15) is 0 Å². The van der Waals surface area contributed by atoms with Crippen LogP contribution in [-0.4, -0.2) is 52.0 Å². The van der Waals surface area contributed by atoms with Crippen LogP contribution in [0, 0.1) is 0 Å². The van der Waals surface area contributed by atoms with Crippen molar-refractivity contribution < 1.29 is 30.8 Å². The van der Waals surface area contributed by atoms with E-state index in [1.807, 2.05) is 0 Å². The molecule has 0 fully saturated rings. The summed E-state index contributed by atoms with van der Waals surface area (Å²) in [5.41, 5.74) is 0. The van der Waals surface area contributed by atoms with Gasteiger partial charge in [0.25, 0.3) is 11.9 Å². The van der Waals surface area contributed by atoms with Crippen LogP contribution < -0.4 is 0 Å². The maximum absolute atomic E-state index is 9.00. The van der Waals surface area contributed by atoms with Gasteiger partial charge in [-0.15, -0.1) is 0 Å². The minimum absolute atomic E-state index is 0.